The van der Waals surface area contributed by atoms with Gasteiger partial charge < -0.3 is 4.79 Å². The fourth-order valence-corrected chi connectivity index (χ4v) is 2.85. The summed E-state index contributed by atoms with van der Waals surface area (Å²) in [5, 5.41) is 4.09. The first-order valence-corrected chi connectivity index (χ1v) is 6.02. The zero-order valence-electron chi connectivity index (χ0n) is 11.5. The molecule has 1 heterocycles. The van der Waals surface area contributed by atoms with Crippen LogP contribution in [0.25, 0.3) is 0 Å². The molecule has 1 rings (SSSR count). The van der Waals surface area contributed by atoms with Crippen molar-refractivity contribution in [3.63, 3.8) is 0 Å². The summed E-state index contributed by atoms with van der Waals surface area (Å²) in [6.45, 7) is 10.4. The van der Waals surface area contributed by atoms with Crippen molar-refractivity contribution in [3.8, 4) is 0 Å². The van der Waals surface area contributed by atoms with Gasteiger partial charge in [0.05, 0.1) is 0 Å². The van der Waals surface area contributed by atoms with Crippen LogP contribution in [-0.4, -0.2) is 11.6 Å². The number of ketones is 1. The van der Waals surface area contributed by atoms with Crippen LogP contribution in [0, 0.1) is 10.8 Å². The van der Waals surface area contributed by atoms with Gasteiger partial charge in [0.15, 0.2) is 0 Å². The van der Waals surface area contributed by atoms with Gasteiger partial charge in [-0.15, -0.1) is 10.6 Å². The van der Waals surface area contributed by atoms with E-state index in [0.717, 1.165) is 18.7 Å². The number of carbonyl (C=O) groups excluding carboxylic acids is 1. The quantitative estimate of drug-likeness (QED) is 0.661. The summed E-state index contributed by atoms with van der Waals surface area (Å²) >= 11 is 0. The lowest BCUT2D eigenvalue weighted by Gasteiger charge is -2.34. The Bertz CT molecular complexity index is 320. The first-order chi connectivity index (χ1) is 7.70. The fourth-order valence-electron chi connectivity index (χ4n) is 2.85. The molecule has 0 aromatic heterocycles. The Morgan fingerprint density at radius 2 is 1.88 bits per heavy atom. The molecule has 0 atom stereocenters. The van der Waals surface area contributed by atoms with Gasteiger partial charge in [0.2, 0.25) is 0 Å². The van der Waals surface area contributed by atoms with Crippen LogP contribution in [0.2, 0.25) is 0 Å². The normalized spacial score (nSPS) is 16.2. The lowest BCUT2D eigenvalue weighted by molar-refractivity contribution is -0.119. The maximum Gasteiger partial charge on any atom is 0.139 e. The molecule has 0 fully saturated rings. The number of hydrogen-bond acceptors (Lipinski definition) is 5. The number of hydrazone groups is 1. The first-order valence-electron chi connectivity index (χ1n) is 6.02. The molecule has 0 amide bonds. The van der Waals surface area contributed by atoms with Crippen molar-refractivity contribution >= 4 is 11.6 Å². The maximum absolute atomic E-state index is 11.2. The molecule has 5 nitrogen and oxygen atoms in total. The molecule has 1 aliphatic heterocycles. The van der Waals surface area contributed by atoms with Crippen LogP contribution in [0.4, 0.5) is 0 Å². The molecule has 98 valence electrons. The molecule has 0 aromatic rings. The zero-order valence-corrected chi connectivity index (χ0v) is 11.5. The zero-order chi connectivity index (χ0) is 13.1. The largest absolute Gasteiger partial charge is 0.300 e. The van der Waals surface area contributed by atoms with E-state index in [2.05, 4.69) is 49.3 Å². The van der Waals surface area contributed by atoms with Gasteiger partial charge in [0.25, 0.3) is 0 Å². The lowest BCUT2D eigenvalue weighted by atomic mass is 9.71. The van der Waals surface area contributed by atoms with Crippen LogP contribution < -0.4 is 16.5 Å². The third kappa shape index (κ3) is 5.17. The van der Waals surface area contributed by atoms with Crippen molar-refractivity contribution in [2.75, 3.05) is 0 Å². The Morgan fingerprint density at radius 1 is 1.24 bits per heavy atom. The molecule has 0 spiro atoms. The average molecular weight is 240 g/mol. The smallest absolute Gasteiger partial charge is 0.139 e. The molecule has 3 N–H and O–H groups in total. The van der Waals surface area contributed by atoms with E-state index >= 15 is 0 Å². The summed E-state index contributed by atoms with van der Waals surface area (Å²) in [6, 6.07) is 0. The molecule has 0 aliphatic carbocycles. The topological polar surface area (TPSA) is 65.5 Å². The van der Waals surface area contributed by atoms with Crippen molar-refractivity contribution in [2.45, 2.75) is 53.9 Å². The number of Topliss-reactive ketones (excluding diaryl/α,β-unsaturated/α-hetero) is 1. The molecular formula is C12H24N4O. The van der Waals surface area contributed by atoms with Crippen molar-refractivity contribution in [3.05, 3.63) is 0 Å². The minimum atomic E-state index is 0.0371. The van der Waals surface area contributed by atoms with E-state index in [0.29, 0.717) is 6.42 Å². The number of hydrogen-bond donors (Lipinski definition) is 3. The summed E-state index contributed by atoms with van der Waals surface area (Å²) in [5.74, 6) is 1.17. The van der Waals surface area contributed by atoms with Gasteiger partial charge in [0.1, 0.15) is 11.6 Å². The summed E-state index contributed by atoms with van der Waals surface area (Å²) < 4.78 is 0. The molecule has 5 heteroatoms. The monoisotopic (exact) mass is 240 g/mol. The molecule has 0 bridgehead atoms. The maximum atomic E-state index is 11.2. The van der Waals surface area contributed by atoms with Gasteiger partial charge in [-0.1, -0.05) is 27.7 Å². The third-order valence-electron chi connectivity index (χ3n) is 2.78. The van der Waals surface area contributed by atoms with Gasteiger partial charge in [-0.05, 0) is 24.2 Å². The van der Waals surface area contributed by atoms with Crippen molar-refractivity contribution in [1.82, 2.24) is 16.5 Å². The van der Waals surface area contributed by atoms with E-state index in [1.165, 1.54) is 0 Å². The summed E-state index contributed by atoms with van der Waals surface area (Å²) in [6.07, 6.45) is 2.47. The highest BCUT2D eigenvalue weighted by atomic mass is 16.1. The second kappa shape index (κ2) is 5.04. The fraction of sp³-hybridized carbons (Fsp3) is 0.833. The van der Waals surface area contributed by atoms with Crippen molar-refractivity contribution in [2.24, 2.45) is 15.9 Å². The molecule has 17 heavy (non-hydrogen) atoms. The summed E-state index contributed by atoms with van der Waals surface area (Å²) in [7, 11) is 0. The minimum Gasteiger partial charge on any atom is -0.300 e. The van der Waals surface area contributed by atoms with E-state index in [9.17, 15) is 4.79 Å². The number of carbonyl (C=O) groups is 1. The van der Waals surface area contributed by atoms with Crippen LogP contribution in [-0.2, 0) is 4.79 Å². The van der Waals surface area contributed by atoms with Gasteiger partial charge in [-0.3, -0.25) is 5.43 Å². The third-order valence-corrected chi connectivity index (χ3v) is 2.78. The van der Waals surface area contributed by atoms with Crippen molar-refractivity contribution in [1.29, 1.82) is 0 Å². The number of amidine groups is 1. The van der Waals surface area contributed by atoms with Crippen LogP contribution in [0.15, 0.2) is 5.10 Å². The van der Waals surface area contributed by atoms with Crippen LogP contribution >= 0.6 is 0 Å². The Balaban J connectivity index is 2.55. The van der Waals surface area contributed by atoms with Crippen LogP contribution in [0.3, 0.4) is 0 Å². The Labute approximate surface area is 103 Å². The van der Waals surface area contributed by atoms with Crippen LogP contribution in [0.1, 0.15) is 53.9 Å². The summed E-state index contributed by atoms with van der Waals surface area (Å²) in [4.78, 5) is 11.2. The Hall–Kier alpha value is -1.10. The molecule has 1 aliphatic rings. The Kier molecular flexibility index (Phi) is 4.14. The van der Waals surface area contributed by atoms with E-state index in [1.54, 1.807) is 6.92 Å². The van der Waals surface area contributed by atoms with E-state index in [1.807, 2.05) is 0 Å². The lowest BCUT2D eigenvalue weighted by Crippen LogP contribution is -2.37. The molecule has 0 radical (unpaired) electrons. The first kappa shape index (κ1) is 14.0. The molecule has 0 saturated carbocycles. The molecule has 0 saturated heterocycles. The number of nitrogens with one attached hydrogen (secondary N) is 3. The second-order valence-electron chi connectivity index (χ2n) is 6.48. The highest BCUT2D eigenvalue weighted by molar-refractivity contribution is 5.82. The van der Waals surface area contributed by atoms with Gasteiger partial charge in [-0.25, -0.2) is 5.53 Å². The number of rotatable bonds is 6. The van der Waals surface area contributed by atoms with E-state index in [4.69, 9.17) is 0 Å². The van der Waals surface area contributed by atoms with Gasteiger partial charge >= 0.3 is 0 Å². The highest BCUT2D eigenvalue weighted by Crippen LogP contribution is 2.38. The molecule has 0 unspecified atom stereocenters. The van der Waals surface area contributed by atoms with Gasteiger partial charge in [-0.2, -0.15) is 0 Å². The minimum absolute atomic E-state index is 0.0371. The standard InChI is InChI=1S/C12H24N4O/c1-9(17)6-11(2,3)8-12(4,5)7-10-13-15-16-14-10/h15-16H,6-8H2,1-5H3,(H,13,14). The average Bonchev–Trinajstić information content (AvgIpc) is 2.49. The SMILES string of the molecule is CC(=O)CC(C)(C)CC(C)(C)CC1=NNNN1. The predicted octanol–water partition coefficient (Wildman–Crippen LogP) is 1.72. The molecular weight excluding hydrogens is 216 g/mol. The number of nitrogens with zero attached hydrogens (tertiary/aromatic N) is 1. The summed E-state index contributed by atoms with van der Waals surface area (Å²) in [5.41, 5.74) is 8.50. The predicted molar refractivity (Wildman–Crippen MR) is 68.9 cm³/mol. The second-order valence-corrected chi connectivity index (χ2v) is 6.48. The van der Waals surface area contributed by atoms with Crippen LogP contribution in [0.5, 0.6) is 0 Å². The van der Waals surface area contributed by atoms with Crippen molar-refractivity contribution < 1.29 is 4.79 Å². The Morgan fingerprint density at radius 3 is 2.35 bits per heavy atom. The molecule has 0 aromatic carbocycles. The van der Waals surface area contributed by atoms with Gasteiger partial charge in [0, 0.05) is 12.8 Å². The number of hydrazine groups is 2. The van der Waals surface area contributed by atoms with E-state index in [-0.39, 0.29) is 16.6 Å². The highest BCUT2D eigenvalue weighted by Gasteiger charge is 2.31. The van der Waals surface area contributed by atoms with E-state index < -0.39 is 0 Å².